The second kappa shape index (κ2) is 11.1. The van der Waals surface area contributed by atoms with E-state index in [2.05, 4.69) is 35.9 Å². The molecule has 4 aromatic rings. The molecule has 0 heterocycles. The first kappa shape index (κ1) is 24.9. The maximum Gasteiger partial charge on any atom is 0.128 e. The highest BCUT2D eigenvalue weighted by Gasteiger charge is 2.30. The number of halogens is 2. The molecule has 0 radical (unpaired) electrons. The highest BCUT2D eigenvalue weighted by atomic mass is 32.1. The zero-order valence-electron chi connectivity index (χ0n) is 19.3. The molecule has 0 aliphatic rings. The fourth-order valence-corrected chi connectivity index (χ4v) is 4.60. The molecule has 3 nitrogen and oxygen atoms in total. The molecule has 4 aromatic carbocycles. The molecule has 0 bridgehead atoms. The van der Waals surface area contributed by atoms with Crippen LogP contribution in [0.5, 0.6) is 5.75 Å². The minimum atomic E-state index is -0.707. The molecular weight excluding hydrogens is 482 g/mol. The molecule has 0 saturated carbocycles. The van der Waals surface area contributed by atoms with Gasteiger partial charge in [0.2, 0.25) is 0 Å². The van der Waals surface area contributed by atoms with Crippen LogP contribution in [0.3, 0.4) is 0 Å². The number of anilines is 2. The Morgan fingerprint density at radius 2 is 1.17 bits per heavy atom. The van der Waals surface area contributed by atoms with Gasteiger partial charge in [0, 0.05) is 32.3 Å². The molecule has 4 rings (SSSR count). The topological polar surface area (TPSA) is 33.3 Å². The number of methoxy groups -OCH3 is 1. The average Bonchev–Trinajstić information content (AvgIpc) is 2.84. The van der Waals surface area contributed by atoms with Crippen LogP contribution in [-0.4, -0.2) is 7.11 Å². The lowest BCUT2D eigenvalue weighted by Crippen LogP contribution is -2.27. The number of rotatable bonds is 8. The van der Waals surface area contributed by atoms with E-state index in [1.54, 1.807) is 55.6 Å². The van der Waals surface area contributed by atoms with Crippen molar-refractivity contribution in [1.29, 1.82) is 0 Å². The van der Waals surface area contributed by atoms with Crippen LogP contribution in [0.4, 0.5) is 20.2 Å². The van der Waals surface area contributed by atoms with Crippen LogP contribution in [-0.2, 0) is 0 Å². The molecule has 2 atom stereocenters. The van der Waals surface area contributed by atoms with Gasteiger partial charge in [-0.15, -0.1) is 25.3 Å². The first-order valence-electron chi connectivity index (χ1n) is 11.1. The molecule has 2 N–H and O–H groups in total. The largest absolute Gasteiger partial charge is 0.497 e. The molecule has 0 aliphatic heterocycles. The van der Waals surface area contributed by atoms with E-state index in [1.165, 1.54) is 12.1 Å². The van der Waals surface area contributed by atoms with E-state index < -0.39 is 23.7 Å². The minimum absolute atomic E-state index is 0.379. The quantitative estimate of drug-likeness (QED) is 0.183. The summed E-state index contributed by atoms with van der Waals surface area (Å²) in [7, 11) is 1.58. The minimum Gasteiger partial charge on any atom is -0.497 e. The molecular formula is C28H26F2N2OS2. The lowest BCUT2D eigenvalue weighted by molar-refractivity contribution is 0.414. The molecule has 0 aliphatic carbocycles. The second-order valence-corrected chi connectivity index (χ2v) is 9.15. The third-order valence-electron chi connectivity index (χ3n) is 5.79. The van der Waals surface area contributed by atoms with E-state index in [0.717, 1.165) is 5.56 Å². The molecule has 0 saturated heterocycles. The maximum absolute atomic E-state index is 15.2. The summed E-state index contributed by atoms with van der Waals surface area (Å²) in [5, 5.41) is 6.83. The van der Waals surface area contributed by atoms with Crippen molar-refractivity contribution < 1.29 is 13.5 Å². The summed E-state index contributed by atoms with van der Waals surface area (Å²) < 4.78 is 35.7. The third-order valence-corrected chi connectivity index (χ3v) is 6.53. The first-order chi connectivity index (χ1) is 16.9. The molecule has 7 heteroatoms. The summed E-state index contributed by atoms with van der Waals surface area (Å²) >= 11 is 9.21. The van der Waals surface area contributed by atoms with Crippen LogP contribution in [0.25, 0.3) is 0 Å². The SMILES string of the molecule is COc1ccc(NC(c2ccccc2F)C(Nc2ccc(C)cc2S)c2ccccc2F)c(S)c1. The molecule has 0 fully saturated rings. The van der Waals surface area contributed by atoms with Gasteiger partial charge in [-0.3, -0.25) is 0 Å². The Bertz CT molecular complexity index is 1330. The summed E-state index contributed by atoms with van der Waals surface area (Å²) in [4.78, 5) is 1.32. The van der Waals surface area contributed by atoms with Crippen molar-refractivity contribution in [3.63, 3.8) is 0 Å². The summed E-state index contributed by atoms with van der Waals surface area (Å²) in [6.45, 7) is 1.97. The van der Waals surface area contributed by atoms with Crippen molar-refractivity contribution in [2.75, 3.05) is 17.7 Å². The number of nitrogens with one attached hydrogen (secondary N) is 2. The molecule has 35 heavy (non-hydrogen) atoms. The zero-order chi connectivity index (χ0) is 24.9. The molecule has 0 spiro atoms. The molecule has 0 aromatic heterocycles. The van der Waals surface area contributed by atoms with Gasteiger partial charge in [-0.2, -0.15) is 0 Å². The van der Waals surface area contributed by atoms with Crippen molar-refractivity contribution in [2.45, 2.75) is 28.8 Å². The van der Waals surface area contributed by atoms with Crippen LogP contribution in [0, 0.1) is 18.6 Å². The average molecular weight is 509 g/mol. The first-order valence-corrected chi connectivity index (χ1v) is 12.0. The van der Waals surface area contributed by atoms with Gasteiger partial charge in [0.25, 0.3) is 0 Å². The Labute approximate surface area is 215 Å². The zero-order valence-corrected chi connectivity index (χ0v) is 21.1. The number of hydrogen-bond donors (Lipinski definition) is 4. The van der Waals surface area contributed by atoms with Gasteiger partial charge in [-0.1, -0.05) is 42.5 Å². The van der Waals surface area contributed by atoms with Crippen molar-refractivity contribution >= 4 is 36.6 Å². The predicted octanol–water partition coefficient (Wildman–Crippen LogP) is 7.87. The fourth-order valence-electron chi connectivity index (χ4n) is 4.00. The Morgan fingerprint density at radius 1 is 0.686 bits per heavy atom. The summed E-state index contributed by atoms with van der Waals surface area (Å²) in [6.07, 6.45) is 0. The monoisotopic (exact) mass is 508 g/mol. The van der Waals surface area contributed by atoms with Crippen LogP contribution >= 0.6 is 25.3 Å². The highest BCUT2D eigenvalue weighted by molar-refractivity contribution is 7.80. The normalized spacial score (nSPS) is 12.6. The standard InChI is InChI=1S/C28H26F2N2OS2/c1-17-11-13-23(25(34)15-17)31-27(19-7-3-5-9-21(19)29)28(20-8-4-6-10-22(20)30)32-24-14-12-18(33-2)16-26(24)35/h3-16,27-28,31-32,34-35H,1-2H3. The number of aryl methyl sites for hydroxylation is 1. The van der Waals surface area contributed by atoms with Gasteiger partial charge >= 0.3 is 0 Å². The van der Waals surface area contributed by atoms with Gasteiger partial charge in [0.05, 0.1) is 19.2 Å². The van der Waals surface area contributed by atoms with E-state index in [1.807, 2.05) is 31.2 Å². The van der Waals surface area contributed by atoms with E-state index in [9.17, 15) is 0 Å². The lowest BCUT2D eigenvalue weighted by Gasteiger charge is -2.32. The van der Waals surface area contributed by atoms with Gasteiger partial charge in [0.1, 0.15) is 17.4 Å². The van der Waals surface area contributed by atoms with E-state index >= 15 is 8.78 Å². The third kappa shape index (κ3) is 5.74. The van der Waals surface area contributed by atoms with E-state index in [4.69, 9.17) is 4.74 Å². The second-order valence-electron chi connectivity index (χ2n) is 8.19. The smallest absolute Gasteiger partial charge is 0.128 e. The number of benzene rings is 4. The van der Waals surface area contributed by atoms with E-state index in [-0.39, 0.29) is 0 Å². The van der Waals surface area contributed by atoms with Crippen molar-refractivity contribution in [3.8, 4) is 5.75 Å². The van der Waals surface area contributed by atoms with Gasteiger partial charge in [-0.25, -0.2) is 8.78 Å². The summed E-state index contributed by atoms with van der Waals surface area (Å²) in [6, 6.07) is 22.7. The van der Waals surface area contributed by atoms with Crippen LogP contribution in [0.1, 0.15) is 28.8 Å². The summed E-state index contributed by atoms with van der Waals surface area (Å²) in [5.74, 6) is -0.162. The Hall–Kier alpha value is -3.16. The van der Waals surface area contributed by atoms with Gasteiger partial charge in [0.15, 0.2) is 0 Å². The van der Waals surface area contributed by atoms with E-state index in [0.29, 0.717) is 38.0 Å². The van der Waals surface area contributed by atoms with Gasteiger partial charge in [-0.05, 0) is 55.0 Å². The van der Waals surface area contributed by atoms with Crippen molar-refractivity contribution in [3.05, 3.63) is 113 Å². The number of hydrogen-bond acceptors (Lipinski definition) is 5. The van der Waals surface area contributed by atoms with Crippen molar-refractivity contribution in [2.24, 2.45) is 0 Å². The highest BCUT2D eigenvalue weighted by Crippen LogP contribution is 2.40. The predicted molar refractivity (Wildman–Crippen MR) is 144 cm³/mol. The Kier molecular flexibility index (Phi) is 7.88. The molecule has 2 unspecified atom stereocenters. The number of ether oxygens (including phenoxy) is 1. The van der Waals surface area contributed by atoms with Gasteiger partial charge < -0.3 is 15.4 Å². The fraction of sp³-hybridized carbons (Fsp3) is 0.143. The van der Waals surface area contributed by atoms with Crippen LogP contribution in [0.2, 0.25) is 0 Å². The van der Waals surface area contributed by atoms with Crippen LogP contribution < -0.4 is 15.4 Å². The Morgan fingerprint density at radius 3 is 1.63 bits per heavy atom. The van der Waals surface area contributed by atoms with Crippen LogP contribution in [0.15, 0.2) is 94.7 Å². The molecule has 0 amide bonds. The summed E-state index contributed by atoms with van der Waals surface area (Å²) in [5.41, 5.74) is 3.17. The Balaban J connectivity index is 1.87. The maximum atomic E-state index is 15.2. The van der Waals surface area contributed by atoms with Crippen molar-refractivity contribution in [1.82, 2.24) is 0 Å². The molecule has 180 valence electrons. The number of thiol groups is 2. The lowest BCUT2D eigenvalue weighted by atomic mass is 9.91.